The zero-order valence-corrected chi connectivity index (χ0v) is 10.6. The lowest BCUT2D eigenvalue weighted by molar-refractivity contribution is -0.384. The van der Waals surface area contributed by atoms with Crippen LogP contribution in [-0.4, -0.2) is 22.5 Å². The van der Waals surface area contributed by atoms with Gasteiger partial charge in [-0.1, -0.05) is 13.8 Å². The topological polar surface area (TPSA) is 92.5 Å². The van der Waals surface area contributed by atoms with Crippen LogP contribution < -0.4 is 5.32 Å². The van der Waals surface area contributed by atoms with E-state index in [9.17, 15) is 19.3 Å². The standard InChI is InChI=1S/C12H15FN2O4/c1-7(2)9(12(16)17)6-14-10-4-3-8(13)5-11(10)15(18)19/h3-5,7,9,14H,6H2,1-2H3,(H,16,17). The Kier molecular flexibility index (Phi) is 4.80. The van der Waals surface area contributed by atoms with Gasteiger partial charge >= 0.3 is 5.97 Å². The second kappa shape index (κ2) is 6.12. The average Bonchev–Trinajstić information content (AvgIpc) is 2.29. The molecule has 6 nitrogen and oxygen atoms in total. The van der Waals surface area contributed by atoms with Gasteiger partial charge in [-0.25, -0.2) is 4.39 Å². The largest absolute Gasteiger partial charge is 0.481 e. The lowest BCUT2D eigenvalue weighted by Gasteiger charge is -2.17. The molecule has 0 radical (unpaired) electrons. The number of carboxylic acids is 1. The van der Waals surface area contributed by atoms with Crippen molar-refractivity contribution < 1.29 is 19.2 Å². The molecule has 0 aliphatic carbocycles. The summed E-state index contributed by atoms with van der Waals surface area (Å²) in [6.45, 7) is 3.54. The molecule has 1 aromatic rings. The second-order valence-electron chi connectivity index (χ2n) is 4.49. The minimum atomic E-state index is -0.979. The third kappa shape index (κ3) is 3.90. The number of nitro benzene ring substituents is 1. The van der Waals surface area contributed by atoms with Crippen LogP contribution in [0.3, 0.4) is 0 Å². The Balaban J connectivity index is 2.88. The lowest BCUT2D eigenvalue weighted by Crippen LogP contribution is -2.27. The third-order valence-corrected chi connectivity index (χ3v) is 2.79. The van der Waals surface area contributed by atoms with E-state index in [1.165, 1.54) is 6.07 Å². The number of nitrogens with zero attached hydrogens (tertiary/aromatic N) is 1. The maximum Gasteiger partial charge on any atom is 0.308 e. The molecule has 0 saturated carbocycles. The molecule has 0 amide bonds. The van der Waals surface area contributed by atoms with Gasteiger partial charge in [0.25, 0.3) is 5.69 Å². The number of nitrogens with one attached hydrogen (secondary N) is 1. The fourth-order valence-corrected chi connectivity index (χ4v) is 1.63. The number of benzene rings is 1. The smallest absolute Gasteiger partial charge is 0.308 e. The maximum absolute atomic E-state index is 12.9. The van der Waals surface area contributed by atoms with Crippen molar-refractivity contribution in [2.75, 3.05) is 11.9 Å². The van der Waals surface area contributed by atoms with Gasteiger partial charge in [-0.3, -0.25) is 14.9 Å². The van der Waals surface area contributed by atoms with Crippen molar-refractivity contribution in [1.82, 2.24) is 0 Å². The van der Waals surface area contributed by atoms with Gasteiger partial charge in [0.1, 0.15) is 11.5 Å². The van der Waals surface area contributed by atoms with Crippen molar-refractivity contribution >= 4 is 17.3 Å². The minimum Gasteiger partial charge on any atom is -0.481 e. The quantitative estimate of drug-likeness (QED) is 0.612. The van der Waals surface area contributed by atoms with Gasteiger partial charge in [0.05, 0.1) is 16.9 Å². The van der Waals surface area contributed by atoms with Gasteiger partial charge in [0.2, 0.25) is 0 Å². The predicted octanol–water partition coefficient (Wildman–Crippen LogP) is 2.50. The van der Waals surface area contributed by atoms with Crippen molar-refractivity contribution in [3.8, 4) is 0 Å². The SMILES string of the molecule is CC(C)C(CNc1ccc(F)cc1[N+](=O)[O-])C(=O)O. The number of nitro groups is 1. The van der Waals surface area contributed by atoms with Crippen LogP contribution in [0.15, 0.2) is 18.2 Å². The average molecular weight is 270 g/mol. The number of hydrogen-bond acceptors (Lipinski definition) is 4. The second-order valence-corrected chi connectivity index (χ2v) is 4.49. The summed E-state index contributed by atoms with van der Waals surface area (Å²) in [5.41, 5.74) is -0.300. The molecule has 104 valence electrons. The summed E-state index contributed by atoms with van der Waals surface area (Å²) in [4.78, 5) is 21.1. The first-order valence-corrected chi connectivity index (χ1v) is 5.73. The fourth-order valence-electron chi connectivity index (χ4n) is 1.63. The van der Waals surface area contributed by atoms with Crippen molar-refractivity contribution in [3.05, 3.63) is 34.1 Å². The maximum atomic E-state index is 12.9. The summed E-state index contributed by atoms with van der Waals surface area (Å²) >= 11 is 0. The van der Waals surface area contributed by atoms with E-state index < -0.39 is 28.3 Å². The lowest BCUT2D eigenvalue weighted by atomic mass is 9.96. The molecule has 0 heterocycles. The van der Waals surface area contributed by atoms with E-state index >= 15 is 0 Å². The summed E-state index contributed by atoms with van der Waals surface area (Å²) in [5.74, 6) is -2.49. The monoisotopic (exact) mass is 270 g/mol. The first-order chi connectivity index (χ1) is 8.82. The number of anilines is 1. The Morgan fingerprint density at radius 3 is 2.63 bits per heavy atom. The van der Waals surface area contributed by atoms with Crippen molar-refractivity contribution in [2.45, 2.75) is 13.8 Å². The molecule has 0 aliphatic heterocycles. The molecule has 0 saturated heterocycles. The summed E-state index contributed by atoms with van der Waals surface area (Å²) in [6.07, 6.45) is 0. The summed E-state index contributed by atoms with van der Waals surface area (Å²) in [5, 5.41) is 22.5. The highest BCUT2D eigenvalue weighted by Crippen LogP contribution is 2.25. The normalized spacial score (nSPS) is 12.2. The van der Waals surface area contributed by atoms with Crippen LogP contribution in [0, 0.1) is 27.8 Å². The van der Waals surface area contributed by atoms with Crippen LogP contribution in [0.4, 0.5) is 15.8 Å². The molecule has 1 aromatic carbocycles. The van der Waals surface area contributed by atoms with Gasteiger partial charge < -0.3 is 10.4 Å². The molecule has 0 fully saturated rings. The first-order valence-electron chi connectivity index (χ1n) is 5.73. The van der Waals surface area contributed by atoms with Crippen molar-refractivity contribution in [3.63, 3.8) is 0 Å². The minimum absolute atomic E-state index is 0.0411. The number of rotatable bonds is 6. The molecular weight excluding hydrogens is 255 g/mol. The van der Waals surface area contributed by atoms with Gasteiger partial charge in [-0.2, -0.15) is 0 Å². The highest BCUT2D eigenvalue weighted by atomic mass is 19.1. The van der Waals surface area contributed by atoms with Crippen LogP contribution in [0.2, 0.25) is 0 Å². The molecule has 7 heteroatoms. The predicted molar refractivity (Wildman–Crippen MR) is 67.5 cm³/mol. The van der Waals surface area contributed by atoms with Gasteiger partial charge in [0.15, 0.2) is 0 Å². The van der Waals surface area contributed by atoms with E-state index in [0.717, 1.165) is 12.1 Å². The van der Waals surface area contributed by atoms with E-state index in [2.05, 4.69) is 5.32 Å². The highest BCUT2D eigenvalue weighted by molar-refractivity contribution is 5.71. The van der Waals surface area contributed by atoms with Crippen LogP contribution in [0.1, 0.15) is 13.8 Å². The van der Waals surface area contributed by atoms with E-state index in [-0.39, 0.29) is 18.2 Å². The summed E-state index contributed by atoms with van der Waals surface area (Å²) in [7, 11) is 0. The Labute approximate surface area is 109 Å². The molecule has 1 atom stereocenters. The van der Waals surface area contributed by atoms with E-state index in [4.69, 9.17) is 5.11 Å². The first kappa shape index (κ1) is 14.9. The van der Waals surface area contributed by atoms with Crippen LogP contribution in [0.5, 0.6) is 0 Å². The number of halogens is 1. The number of carboxylic acid groups (broad SMARTS) is 1. The van der Waals surface area contributed by atoms with E-state index in [1.54, 1.807) is 13.8 Å². The molecule has 0 bridgehead atoms. The molecule has 19 heavy (non-hydrogen) atoms. The zero-order valence-electron chi connectivity index (χ0n) is 10.6. The molecule has 2 N–H and O–H groups in total. The Hall–Kier alpha value is -2.18. The summed E-state index contributed by atoms with van der Waals surface area (Å²) in [6, 6.07) is 3.11. The molecule has 1 rings (SSSR count). The molecular formula is C12H15FN2O4. The molecule has 1 unspecified atom stereocenters. The molecule has 0 aromatic heterocycles. The van der Waals surface area contributed by atoms with Crippen molar-refractivity contribution in [1.29, 1.82) is 0 Å². The van der Waals surface area contributed by atoms with Crippen LogP contribution in [-0.2, 0) is 4.79 Å². The van der Waals surface area contributed by atoms with E-state index in [1.807, 2.05) is 0 Å². The number of aliphatic carboxylic acids is 1. The van der Waals surface area contributed by atoms with Gasteiger partial charge in [-0.15, -0.1) is 0 Å². The number of hydrogen-bond donors (Lipinski definition) is 2. The van der Waals surface area contributed by atoms with Gasteiger partial charge in [0, 0.05) is 6.54 Å². The summed E-state index contributed by atoms with van der Waals surface area (Å²) < 4.78 is 12.9. The number of carbonyl (C=O) groups is 1. The molecule has 0 spiro atoms. The van der Waals surface area contributed by atoms with E-state index in [0.29, 0.717) is 0 Å². The highest BCUT2D eigenvalue weighted by Gasteiger charge is 2.23. The van der Waals surface area contributed by atoms with Gasteiger partial charge in [-0.05, 0) is 18.1 Å². The third-order valence-electron chi connectivity index (χ3n) is 2.79. The Morgan fingerprint density at radius 2 is 2.16 bits per heavy atom. The van der Waals surface area contributed by atoms with Crippen LogP contribution in [0.25, 0.3) is 0 Å². The molecule has 0 aliphatic rings. The van der Waals surface area contributed by atoms with Crippen LogP contribution >= 0.6 is 0 Å². The Bertz CT molecular complexity index is 491. The zero-order chi connectivity index (χ0) is 14.6. The Morgan fingerprint density at radius 1 is 1.53 bits per heavy atom. The fraction of sp³-hybridized carbons (Fsp3) is 0.417. The van der Waals surface area contributed by atoms with Crippen molar-refractivity contribution in [2.24, 2.45) is 11.8 Å².